The number of pyridine rings is 2. The van der Waals surface area contributed by atoms with E-state index >= 15 is 0 Å². The Kier molecular flexibility index (Phi) is 6.01. The van der Waals surface area contributed by atoms with Crippen LogP contribution in [0.5, 0.6) is 11.5 Å². The number of fused-ring (bicyclic) bond motifs is 1. The molecule has 0 saturated heterocycles. The number of anilines is 2. The largest absolute Gasteiger partial charge is 0.493 e. The van der Waals surface area contributed by atoms with E-state index in [1.54, 1.807) is 4.68 Å². The van der Waals surface area contributed by atoms with Crippen molar-refractivity contribution < 1.29 is 14.3 Å². The molecule has 0 unspecified atom stereocenters. The molecule has 0 aliphatic heterocycles. The van der Waals surface area contributed by atoms with Crippen LogP contribution in [0.2, 0.25) is 0 Å². The maximum atomic E-state index is 12.4. The molecule has 3 N–H and O–H groups in total. The van der Waals surface area contributed by atoms with Gasteiger partial charge in [-0.3, -0.25) is 20.5 Å². The van der Waals surface area contributed by atoms with Crippen molar-refractivity contribution in [1.29, 1.82) is 0 Å². The molecule has 0 aliphatic carbocycles. The Morgan fingerprint density at radius 2 is 1.90 bits per heavy atom. The van der Waals surface area contributed by atoms with E-state index in [4.69, 9.17) is 9.47 Å². The zero-order valence-corrected chi connectivity index (χ0v) is 17.2. The number of aromatic nitrogens is 4. The molecular weight excluding hydrogens is 374 g/mol. The first kappa shape index (κ1) is 20.2. The van der Waals surface area contributed by atoms with Crippen LogP contribution in [0.1, 0.15) is 24.6 Å². The zero-order valence-electron chi connectivity index (χ0n) is 17.2. The lowest BCUT2D eigenvalue weighted by Gasteiger charge is -2.15. The number of nitrogens with zero attached hydrogens (tertiary/aromatic N) is 4. The van der Waals surface area contributed by atoms with E-state index in [1.165, 1.54) is 26.6 Å². The Morgan fingerprint density at radius 1 is 1.21 bits per heavy atom. The van der Waals surface area contributed by atoms with E-state index in [0.717, 1.165) is 35.1 Å². The van der Waals surface area contributed by atoms with E-state index in [2.05, 4.69) is 38.2 Å². The second-order valence-electron chi connectivity index (χ2n) is 6.45. The highest BCUT2D eigenvalue weighted by atomic mass is 16.5. The van der Waals surface area contributed by atoms with Crippen LogP contribution in [-0.2, 0) is 13.5 Å². The number of amides is 2. The molecule has 0 aliphatic rings. The van der Waals surface area contributed by atoms with Crippen molar-refractivity contribution >= 4 is 28.6 Å². The molecule has 3 aromatic rings. The van der Waals surface area contributed by atoms with Crippen molar-refractivity contribution in [2.24, 2.45) is 7.05 Å². The summed E-state index contributed by atoms with van der Waals surface area (Å²) in [6.45, 7) is 4.09. The van der Waals surface area contributed by atoms with Gasteiger partial charge in [-0.25, -0.2) is 9.78 Å². The number of hydrazine groups is 1. The summed E-state index contributed by atoms with van der Waals surface area (Å²) >= 11 is 0. The maximum absolute atomic E-state index is 12.4. The van der Waals surface area contributed by atoms with Gasteiger partial charge in [-0.2, -0.15) is 5.10 Å². The van der Waals surface area contributed by atoms with Gasteiger partial charge in [-0.15, -0.1) is 0 Å². The summed E-state index contributed by atoms with van der Waals surface area (Å²) in [5.41, 5.74) is 8.65. The Balaban J connectivity index is 1.79. The van der Waals surface area contributed by atoms with Crippen LogP contribution in [0.4, 0.5) is 16.3 Å². The number of ether oxygens (including phenoxy) is 2. The standard InChI is InChI=1S/C19H25N7O3/c1-6-7-12-8-15(21-18-16(12)11(2)25-26(18)3)23-24-19(27)22-17-13(28-4)9-20-10-14(17)29-5/h8-10H,6-7H2,1-5H3,(H,21,23)(H2,20,22,24,27). The van der Waals surface area contributed by atoms with Crippen molar-refractivity contribution in [3.8, 4) is 11.5 Å². The molecule has 0 aromatic carbocycles. The molecular formula is C19H25N7O3. The first-order valence-corrected chi connectivity index (χ1v) is 9.20. The molecule has 3 aromatic heterocycles. The van der Waals surface area contributed by atoms with Gasteiger partial charge in [0.15, 0.2) is 17.1 Å². The number of carbonyl (C=O) groups excluding carboxylic acids is 1. The lowest BCUT2D eigenvalue weighted by Crippen LogP contribution is -2.34. The van der Waals surface area contributed by atoms with Crippen molar-refractivity contribution in [2.45, 2.75) is 26.7 Å². The Hall–Kier alpha value is -3.56. The van der Waals surface area contributed by atoms with Crippen LogP contribution in [0, 0.1) is 6.92 Å². The number of methoxy groups -OCH3 is 2. The van der Waals surface area contributed by atoms with Crippen LogP contribution < -0.4 is 25.6 Å². The zero-order chi connectivity index (χ0) is 21.0. The van der Waals surface area contributed by atoms with Gasteiger partial charge in [0.25, 0.3) is 0 Å². The molecule has 0 radical (unpaired) electrons. The predicted molar refractivity (Wildman–Crippen MR) is 110 cm³/mol. The summed E-state index contributed by atoms with van der Waals surface area (Å²) in [5.74, 6) is 1.29. The first-order valence-electron chi connectivity index (χ1n) is 9.20. The quantitative estimate of drug-likeness (QED) is 0.523. The highest BCUT2D eigenvalue weighted by Crippen LogP contribution is 2.32. The number of nitrogens with one attached hydrogen (secondary N) is 3. The fourth-order valence-electron chi connectivity index (χ4n) is 3.19. The molecule has 3 heterocycles. The summed E-state index contributed by atoms with van der Waals surface area (Å²) in [4.78, 5) is 21.0. The minimum absolute atomic E-state index is 0.377. The average molecular weight is 399 g/mol. The van der Waals surface area contributed by atoms with Gasteiger partial charge in [0, 0.05) is 12.4 Å². The summed E-state index contributed by atoms with van der Waals surface area (Å²) in [5, 5.41) is 8.20. The monoisotopic (exact) mass is 399 g/mol. The van der Waals surface area contributed by atoms with Crippen LogP contribution in [0.15, 0.2) is 18.5 Å². The molecule has 154 valence electrons. The lowest BCUT2D eigenvalue weighted by molar-refractivity contribution is 0.253. The molecule has 10 heteroatoms. The van der Waals surface area contributed by atoms with Gasteiger partial charge < -0.3 is 14.8 Å². The minimum Gasteiger partial charge on any atom is -0.493 e. The highest BCUT2D eigenvalue weighted by Gasteiger charge is 2.15. The molecule has 0 bridgehead atoms. The SMILES string of the molecule is CCCc1cc(NNC(=O)Nc2c(OC)cncc2OC)nc2c1c(C)nn2C. The summed E-state index contributed by atoms with van der Waals surface area (Å²) in [7, 11) is 4.83. The van der Waals surface area contributed by atoms with E-state index in [0.29, 0.717) is 23.0 Å². The molecule has 10 nitrogen and oxygen atoms in total. The molecule has 0 saturated carbocycles. The predicted octanol–water partition coefficient (Wildman–Crippen LogP) is 2.79. The third kappa shape index (κ3) is 4.15. The smallest absolute Gasteiger partial charge is 0.338 e. The van der Waals surface area contributed by atoms with E-state index < -0.39 is 6.03 Å². The minimum atomic E-state index is -0.507. The second kappa shape index (κ2) is 8.63. The van der Waals surface area contributed by atoms with Crippen molar-refractivity contribution in [3.05, 3.63) is 29.7 Å². The van der Waals surface area contributed by atoms with Crippen molar-refractivity contribution in [1.82, 2.24) is 25.2 Å². The number of hydrogen-bond acceptors (Lipinski definition) is 7. The average Bonchev–Trinajstić information content (AvgIpc) is 3.00. The number of urea groups is 1. The fourth-order valence-corrected chi connectivity index (χ4v) is 3.19. The topological polar surface area (TPSA) is 115 Å². The van der Waals surface area contributed by atoms with Gasteiger partial charge >= 0.3 is 6.03 Å². The molecule has 0 spiro atoms. The Labute approximate surface area is 168 Å². The van der Waals surface area contributed by atoms with E-state index in [1.807, 2.05) is 20.0 Å². The van der Waals surface area contributed by atoms with Crippen LogP contribution >= 0.6 is 0 Å². The van der Waals surface area contributed by atoms with Crippen LogP contribution in [0.3, 0.4) is 0 Å². The first-order chi connectivity index (χ1) is 14.0. The van der Waals surface area contributed by atoms with Crippen molar-refractivity contribution in [3.63, 3.8) is 0 Å². The Bertz CT molecular complexity index is 1010. The third-order valence-electron chi connectivity index (χ3n) is 4.43. The fraction of sp³-hybridized carbons (Fsp3) is 0.368. The molecule has 0 fully saturated rings. The van der Waals surface area contributed by atoms with E-state index in [9.17, 15) is 4.79 Å². The molecule has 2 amide bonds. The number of rotatable bonds is 7. The number of hydrogen-bond donors (Lipinski definition) is 3. The maximum Gasteiger partial charge on any atom is 0.338 e. The van der Waals surface area contributed by atoms with Gasteiger partial charge in [0.2, 0.25) is 0 Å². The van der Waals surface area contributed by atoms with Gasteiger partial charge in [-0.05, 0) is 25.0 Å². The van der Waals surface area contributed by atoms with Crippen LogP contribution in [0.25, 0.3) is 11.0 Å². The van der Waals surface area contributed by atoms with Gasteiger partial charge in [-0.1, -0.05) is 13.3 Å². The van der Waals surface area contributed by atoms with Crippen molar-refractivity contribution in [2.75, 3.05) is 25.0 Å². The third-order valence-corrected chi connectivity index (χ3v) is 4.43. The molecule has 3 rings (SSSR count). The normalized spacial score (nSPS) is 10.7. The summed E-state index contributed by atoms with van der Waals surface area (Å²) in [6, 6.07) is 1.42. The van der Waals surface area contributed by atoms with Gasteiger partial charge in [0.1, 0.15) is 11.5 Å². The Morgan fingerprint density at radius 3 is 2.52 bits per heavy atom. The number of aryl methyl sites for hydroxylation is 3. The summed E-state index contributed by atoms with van der Waals surface area (Å²) in [6.07, 6.45) is 4.85. The molecule has 29 heavy (non-hydrogen) atoms. The van der Waals surface area contributed by atoms with Crippen LogP contribution in [-0.4, -0.2) is 40.0 Å². The van der Waals surface area contributed by atoms with E-state index in [-0.39, 0.29) is 0 Å². The highest BCUT2D eigenvalue weighted by molar-refractivity contribution is 5.93. The molecule has 0 atom stereocenters. The number of carbonyl (C=O) groups is 1. The second-order valence-corrected chi connectivity index (χ2v) is 6.45. The lowest BCUT2D eigenvalue weighted by atomic mass is 10.1. The van der Waals surface area contributed by atoms with Gasteiger partial charge in [0.05, 0.1) is 32.3 Å². The summed E-state index contributed by atoms with van der Waals surface area (Å²) < 4.78 is 12.2.